The number of hydrogen-bond acceptors (Lipinski definition) is 4. The molecule has 1 heterocycles. The van der Waals surface area contributed by atoms with Crippen LogP contribution in [0.2, 0.25) is 0 Å². The molecular formula is C13H16O4. The molecule has 0 aliphatic carbocycles. The Hall–Kier alpha value is -1.71. The number of fused-ring (bicyclic) bond motifs is 1. The van der Waals surface area contributed by atoms with E-state index in [1.54, 1.807) is 0 Å². The Balaban J connectivity index is 2.20. The zero-order valence-corrected chi connectivity index (χ0v) is 10.1. The van der Waals surface area contributed by atoms with Crippen LogP contribution in [0.3, 0.4) is 0 Å². The number of esters is 1. The molecule has 1 atom stereocenters. The predicted molar refractivity (Wildman–Crippen MR) is 62.0 cm³/mol. The lowest BCUT2D eigenvalue weighted by molar-refractivity contribution is -0.147. The normalized spacial score (nSPS) is 14.5. The number of rotatable bonds is 4. The smallest absolute Gasteiger partial charge is 0.303 e. The highest BCUT2D eigenvalue weighted by Crippen LogP contribution is 2.35. The van der Waals surface area contributed by atoms with Crippen LogP contribution in [0, 0.1) is 0 Å². The van der Waals surface area contributed by atoms with E-state index in [0.717, 1.165) is 29.9 Å². The Morgan fingerprint density at radius 3 is 2.88 bits per heavy atom. The Morgan fingerprint density at radius 2 is 2.18 bits per heavy atom. The van der Waals surface area contributed by atoms with Gasteiger partial charge < -0.3 is 14.2 Å². The molecule has 17 heavy (non-hydrogen) atoms. The van der Waals surface area contributed by atoms with Crippen molar-refractivity contribution in [3.63, 3.8) is 0 Å². The number of carbonyl (C=O) groups is 1. The molecule has 4 heteroatoms. The Bertz CT molecular complexity index is 414. The molecule has 0 fully saturated rings. The maximum atomic E-state index is 11.1. The van der Waals surface area contributed by atoms with Gasteiger partial charge >= 0.3 is 5.97 Å². The minimum absolute atomic E-state index is 0.202. The van der Waals surface area contributed by atoms with E-state index in [-0.39, 0.29) is 18.9 Å². The molecule has 0 unspecified atom stereocenters. The van der Waals surface area contributed by atoms with Crippen molar-refractivity contribution in [2.75, 3.05) is 6.79 Å². The Kier molecular flexibility index (Phi) is 3.52. The van der Waals surface area contributed by atoms with Crippen LogP contribution < -0.4 is 9.47 Å². The number of benzene rings is 1. The van der Waals surface area contributed by atoms with Crippen LogP contribution in [-0.2, 0) is 9.53 Å². The fourth-order valence-electron chi connectivity index (χ4n) is 1.87. The van der Waals surface area contributed by atoms with E-state index in [1.807, 2.05) is 18.2 Å². The van der Waals surface area contributed by atoms with Gasteiger partial charge in [0.05, 0.1) is 0 Å². The second kappa shape index (κ2) is 5.08. The van der Waals surface area contributed by atoms with Gasteiger partial charge in [-0.05, 0) is 24.1 Å². The van der Waals surface area contributed by atoms with Gasteiger partial charge in [0.1, 0.15) is 6.10 Å². The molecular weight excluding hydrogens is 220 g/mol. The first-order valence-corrected chi connectivity index (χ1v) is 5.77. The standard InChI is InChI=1S/C13H16O4/c1-3-4-11(17-9(2)14)10-5-6-12-13(7-10)16-8-15-12/h5-7,11H,3-4,8H2,1-2H3/t11-/m1/s1. The molecule has 0 saturated carbocycles. The summed E-state index contributed by atoms with van der Waals surface area (Å²) in [7, 11) is 0. The third kappa shape index (κ3) is 2.70. The monoisotopic (exact) mass is 236 g/mol. The molecule has 0 amide bonds. The van der Waals surface area contributed by atoms with Gasteiger partial charge in [-0.3, -0.25) is 4.79 Å². The summed E-state index contributed by atoms with van der Waals surface area (Å²) in [6, 6.07) is 5.65. The molecule has 4 nitrogen and oxygen atoms in total. The minimum atomic E-state index is -0.263. The molecule has 1 aromatic rings. The molecule has 1 aliphatic rings. The molecule has 0 saturated heterocycles. The quantitative estimate of drug-likeness (QED) is 0.754. The summed E-state index contributed by atoms with van der Waals surface area (Å²) in [6.07, 6.45) is 1.55. The van der Waals surface area contributed by atoms with Gasteiger partial charge in [-0.1, -0.05) is 19.4 Å². The van der Waals surface area contributed by atoms with Crippen LogP contribution in [0.5, 0.6) is 11.5 Å². The zero-order chi connectivity index (χ0) is 12.3. The average molecular weight is 236 g/mol. The minimum Gasteiger partial charge on any atom is -0.458 e. The Morgan fingerprint density at radius 1 is 1.41 bits per heavy atom. The third-order valence-electron chi connectivity index (χ3n) is 2.63. The molecule has 0 aromatic heterocycles. The van der Waals surface area contributed by atoms with Crippen molar-refractivity contribution in [2.45, 2.75) is 32.8 Å². The van der Waals surface area contributed by atoms with E-state index < -0.39 is 0 Å². The third-order valence-corrected chi connectivity index (χ3v) is 2.63. The van der Waals surface area contributed by atoms with Crippen LogP contribution >= 0.6 is 0 Å². The number of ether oxygens (including phenoxy) is 3. The summed E-state index contributed by atoms with van der Waals surface area (Å²) in [4.78, 5) is 11.1. The molecule has 1 aliphatic heterocycles. The van der Waals surface area contributed by atoms with Gasteiger partial charge in [0.25, 0.3) is 0 Å². The van der Waals surface area contributed by atoms with Gasteiger partial charge in [0.15, 0.2) is 11.5 Å². The highest BCUT2D eigenvalue weighted by atomic mass is 16.7. The van der Waals surface area contributed by atoms with E-state index >= 15 is 0 Å². The van der Waals surface area contributed by atoms with Crippen molar-refractivity contribution >= 4 is 5.97 Å². The van der Waals surface area contributed by atoms with E-state index in [9.17, 15) is 4.79 Å². The summed E-state index contributed by atoms with van der Waals surface area (Å²) in [5.74, 6) is 1.20. The lowest BCUT2D eigenvalue weighted by atomic mass is 10.0. The molecule has 0 spiro atoms. The molecule has 0 radical (unpaired) electrons. The largest absolute Gasteiger partial charge is 0.458 e. The first kappa shape index (κ1) is 11.8. The van der Waals surface area contributed by atoms with Gasteiger partial charge in [0, 0.05) is 6.92 Å². The second-order valence-electron chi connectivity index (χ2n) is 4.00. The highest BCUT2D eigenvalue weighted by molar-refractivity contribution is 5.66. The van der Waals surface area contributed by atoms with Gasteiger partial charge in [0.2, 0.25) is 6.79 Å². The first-order chi connectivity index (χ1) is 8.20. The van der Waals surface area contributed by atoms with E-state index in [1.165, 1.54) is 6.92 Å². The SMILES string of the molecule is CCC[C@@H](OC(C)=O)c1ccc2c(c1)OCO2. The Labute approximate surface area is 100 Å². The fraction of sp³-hybridized carbons (Fsp3) is 0.462. The van der Waals surface area contributed by atoms with Crippen LogP contribution in [0.1, 0.15) is 38.4 Å². The molecule has 1 aromatic carbocycles. The highest BCUT2D eigenvalue weighted by Gasteiger charge is 2.19. The summed E-state index contributed by atoms with van der Waals surface area (Å²) < 4.78 is 15.9. The lowest BCUT2D eigenvalue weighted by Crippen LogP contribution is -2.08. The van der Waals surface area contributed by atoms with Crippen molar-refractivity contribution in [2.24, 2.45) is 0 Å². The number of hydrogen-bond donors (Lipinski definition) is 0. The summed E-state index contributed by atoms with van der Waals surface area (Å²) >= 11 is 0. The summed E-state index contributed by atoms with van der Waals surface area (Å²) in [5, 5.41) is 0. The van der Waals surface area contributed by atoms with Crippen molar-refractivity contribution in [3.05, 3.63) is 23.8 Å². The predicted octanol–water partition coefficient (Wildman–Crippen LogP) is 2.82. The number of carbonyl (C=O) groups excluding carboxylic acids is 1. The van der Waals surface area contributed by atoms with Crippen LogP contribution in [-0.4, -0.2) is 12.8 Å². The van der Waals surface area contributed by atoms with E-state index in [0.29, 0.717) is 0 Å². The van der Waals surface area contributed by atoms with Crippen molar-refractivity contribution in [1.82, 2.24) is 0 Å². The van der Waals surface area contributed by atoms with E-state index in [4.69, 9.17) is 14.2 Å². The maximum absolute atomic E-state index is 11.1. The average Bonchev–Trinajstić information content (AvgIpc) is 2.74. The maximum Gasteiger partial charge on any atom is 0.303 e. The summed E-state index contributed by atoms with van der Waals surface area (Å²) in [6.45, 7) is 3.74. The first-order valence-electron chi connectivity index (χ1n) is 5.77. The lowest BCUT2D eigenvalue weighted by Gasteiger charge is -2.16. The second-order valence-corrected chi connectivity index (χ2v) is 4.00. The zero-order valence-electron chi connectivity index (χ0n) is 10.1. The van der Waals surface area contributed by atoms with Crippen LogP contribution in [0.15, 0.2) is 18.2 Å². The van der Waals surface area contributed by atoms with Gasteiger partial charge in [-0.15, -0.1) is 0 Å². The van der Waals surface area contributed by atoms with Gasteiger partial charge in [-0.25, -0.2) is 0 Å². The van der Waals surface area contributed by atoms with Crippen molar-refractivity contribution < 1.29 is 19.0 Å². The van der Waals surface area contributed by atoms with Gasteiger partial charge in [-0.2, -0.15) is 0 Å². The topological polar surface area (TPSA) is 44.8 Å². The molecule has 92 valence electrons. The van der Waals surface area contributed by atoms with Crippen molar-refractivity contribution in [3.8, 4) is 11.5 Å². The molecule has 0 bridgehead atoms. The van der Waals surface area contributed by atoms with Crippen LogP contribution in [0.25, 0.3) is 0 Å². The van der Waals surface area contributed by atoms with Crippen molar-refractivity contribution in [1.29, 1.82) is 0 Å². The molecule has 2 rings (SSSR count). The molecule has 0 N–H and O–H groups in total. The fourth-order valence-corrected chi connectivity index (χ4v) is 1.87. The summed E-state index contributed by atoms with van der Waals surface area (Å²) in [5.41, 5.74) is 0.950. The van der Waals surface area contributed by atoms with Crippen LogP contribution in [0.4, 0.5) is 0 Å². The van der Waals surface area contributed by atoms with E-state index in [2.05, 4.69) is 6.92 Å².